The van der Waals surface area contributed by atoms with Crippen molar-refractivity contribution in [3.05, 3.63) is 54.1 Å². The summed E-state index contributed by atoms with van der Waals surface area (Å²) in [7, 11) is 3.16. The fourth-order valence-electron chi connectivity index (χ4n) is 2.52. The molecule has 0 aliphatic rings. The zero-order chi connectivity index (χ0) is 18.9. The number of hydrogen-bond donors (Lipinski definition) is 0. The molecule has 0 radical (unpaired) electrons. The molecule has 0 aliphatic carbocycles. The molecule has 26 heavy (non-hydrogen) atoms. The lowest BCUT2D eigenvalue weighted by molar-refractivity contribution is -0.123. The zero-order valence-corrected chi connectivity index (χ0v) is 15.5. The maximum absolute atomic E-state index is 12.5. The number of methoxy groups -OCH3 is 2. The molecule has 6 nitrogen and oxygen atoms in total. The summed E-state index contributed by atoms with van der Waals surface area (Å²) in [5.74, 6) is 1.15. The quantitative estimate of drug-likeness (QED) is 0.536. The Bertz CT molecular complexity index is 745. The van der Waals surface area contributed by atoms with Crippen molar-refractivity contribution in [2.24, 2.45) is 5.16 Å². The van der Waals surface area contributed by atoms with E-state index < -0.39 is 0 Å². The van der Waals surface area contributed by atoms with Crippen LogP contribution >= 0.6 is 0 Å². The number of rotatable bonds is 8. The molecule has 0 bridgehead atoms. The smallest absolute Gasteiger partial charge is 0.267 e. The van der Waals surface area contributed by atoms with Crippen LogP contribution < -0.4 is 14.4 Å². The minimum Gasteiger partial charge on any atom is -0.497 e. The Morgan fingerprint density at radius 1 is 1.12 bits per heavy atom. The van der Waals surface area contributed by atoms with Crippen LogP contribution in [0, 0.1) is 0 Å². The highest BCUT2D eigenvalue weighted by atomic mass is 16.6. The number of oxime groups is 1. The molecule has 0 saturated carbocycles. The van der Waals surface area contributed by atoms with Crippen LogP contribution in [0.4, 0.5) is 5.69 Å². The summed E-state index contributed by atoms with van der Waals surface area (Å²) in [6.45, 7) is 3.75. The van der Waals surface area contributed by atoms with Crippen molar-refractivity contribution in [1.82, 2.24) is 0 Å². The monoisotopic (exact) mass is 356 g/mol. The van der Waals surface area contributed by atoms with Gasteiger partial charge in [0.25, 0.3) is 5.91 Å². The molecule has 2 rings (SSSR count). The molecule has 0 N–H and O–H groups in total. The van der Waals surface area contributed by atoms with Crippen molar-refractivity contribution in [3.63, 3.8) is 0 Å². The van der Waals surface area contributed by atoms with Crippen LogP contribution in [-0.4, -0.2) is 39.0 Å². The minimum atomic E-state index is -0.166. The average molecular weight is 356 g/mol. The first-order chi connectivity index (χ1) is 12.6. The third kappa shape index (κ3) is 4.99. The first-order valence-corrected chi connectivity index (χ1v) is 8.31. The van der Waals surface area contributed by atoms with Crippen LogP contribution in [0.3, 0.4) is 0 Å². The Kier molecular flexibility index (Phi) is 7.02. The number of para-hydroxylation sites is 1. The Hall–Kier alpha value is -3.02. The minimum absolute atomic E-state index is 0.0101. The maximum atomic E-state index is 12.5. The van der Waals surface area contributed by atoms with Gasteiger partial charge in [0.15, 0.2) is 6.61 Å². The van der Waals surface area contributed by atoms with Gasteiger partial charge in [0, 0.05) is 17.3 Å². The van der Waals surface area contributed by atoms with E-state index in [1.54, 1.807) is 37.3 Å². The molecule has 0 aliphatic heterocycles. The highest BCUT2D eigenvalue weighted by Gasteiger charge is 2.19. The lowest BCUT2D eigenvalue weighted by atomic mass is 10.2. The number of benzene rings is 2. The van der Waals surface area contributed by atoms with Crippen molar-refractivity contribution in [2.75, 3.05) is 25.7 Å². The highest BCUT2D eigenvalue weighted by Crippen LogP contribution is 2.22. The lowest BCUT2D eigenvalue weighted by Crippen LogP contribution is -2.39. The van der Waals surface area contributed by atoms with Crippen LogP contribution in [-0.2, 0) is 9.63 Å². The van der Waals surface area contributed by atoms with Crippen LogP contribution in [0.2, 0.25) is 0 Å². The molecular formula is C20H24N2O4. The summed E-state index contributed by atoms with van der Waals surface area (Å²) in [6.07, 6.45) is 1.50. The first kappa shape index (κ1) is 19.3. The number of anilines is 1. The summed E-state index contributed by atoms with van der Waals surface area (Å²) >= 11 is 0. The molecule has 0 saturated heterocycles. The largest absolute Gasteiger partial charge is 0.497 e. The second kappa shape index (κ2) is 9.46. The summed E-state index contributed by atoms with van der Waals surface area (Å²) in [4.78, 5) is 19.4. The predicted octanol–water partition coefficient (Wildman–Crippen LogP) is 3.50. The van der Waals surface area contributed by atoms with Crippen LogP contribution in [0.15, 0.2) is 53.7 Å². The lowest BCUT2D eigenvalue weighted by Gasteiger charge is -2.26. The van der Waals surface area contributed by atoms with Gasteiger partial charge in [-0.05, 0) is 44.2 Å². The average Bonchev–Trinajstić information content (AvgIpc) is 2.65. The standard InChI is InChI=1S/C20H24N2O4/c1-15(2)22(17-8-6-5-7-9-17)20(23)14-26-21-13-16-12-18(24-3)10-11-19(16)25-4/h5-13,15H,14H2,1-4H3/b21-13+. The molecule has 0 aromatic heterocycles. The molecule has 0 heterocycles. The van der Waals surface area contributed by atoms with E-state index in [1.165, 1.54) is 6.21 Å². The molecule has 6 heteroatoms. The van der Waals surface area contributed by atoms with Gasteiger partial charge in [0.05, 0.1) is 20.4 Å². The fourth-order valence-corrected chi connectivity index (χ4v) is 2.52. The van der Waals surface area contributed by atoms with E-state index in [4.69, 9.17) is 14.3 Å². The van der Waals surface area contributed by atoms with E-state index in [0.717, 1.165) is 5.69 Å². The molecule has 2 aromatic carbocycles. The maximum Gasteiger partial charge on any atom is 0.267 e. The van der Waals surface area contributed by atoms with Gasteiger partial charge in [-0.1, -0.05) is 23.4 Å². The normalized spacial score (nSPS) is 10.8. The summed E-state index contributed by atoms with van der Waals surface area (Å²) < 4.78 is 10.5. The number of nitrogens with zero attached hydrogens (tertiary/aromatic N) is 2. The summed E-state index contributed by atoms with van der Waals surface area (Å²) in [5, 5.41) is 3.89. The second-order valence-electron chi connectivity index (χ2n) is 5.81. The highest BCUT2D eigenvalue weighted by molar-refractivity contribution is 5.94. The second-order valence-corrected chi connectivity index (χ2v) is 5.81. The van der Waals surface area contributed by atoms with E-state index in [2.05, 4.69) is 5.16 Å². The third-order valence-electron chi connectivity index (χ3n) is 3.71. The van der Waals surface area contributed by atoms with Gasteiger partial charge in [0.2, 0.25) is 0 Å². The first-order valence-electron chi connectivity index (χ1n) is 8.31. The Labute approximate surface area is 154 Å². The number of carbonyl (C=O) groups is 1. The van der Waals surface area contributed by atoms with E-state index in [1.807, 2.05) is 44.2 Å². The third-order valence-corrected chi connectivity index (χ3v) is 3.71. The van der Waals surface area contributed by atoms with E-state index in [-0.39, 0.29) is 18.6 Å². The van der Waals surface area contributed by atoms with E-state index in [0.29, 0.717) is 17.1 Å². The van der Waals surface area contributed by atoms with Crippen molar-refractivity contribution >= 4 is 17.8 Å². The summed E-state index contributed by atoms with van der Waals surface area (Å²) in [5.41, 5.74) is 1.53. The van der Waals surface area contributed by atoms with Crippen LogP contribution in [0.25, 0.3) is 0 Å². The Balaban J connectivity index is 2.02. The number of hydrogen-bond acceptors (Lipinski definition) is 5. The van der Waals surface area contributed by atoms with E-state index >= 15 is 0 Å². The Morgan fingerprint density at radius 3 is 2.46 bits per heavy atom. The number of ether oxygens (including phenoxy) is 2. The number of amides is 1. The Morgan fingerprint density at radius 2 is 1.85 bits per heavy atom. The molecule has 0 spiro atoms. The van der Waals surface area contributed by atoms with Crippen molar-refractivity contribution < 1.29 is 19.1 Å². The summed E-state index contributed by atoms with van der Waals surface area (Å²) in [6, 6.07) is 14.8. The molecule has 0 atom stereocenters. The van der Waals surface area contributed by atoms with Crippen LogP contribution in [0.5, 0.6) is 11.5 Å². The molecule has 138 valence electrons. The van der Waals surface area contributed by atoms with Gasteiger partial charge in [-0.3, -0.25) is 4.79 Å². The van der Waals surface area contributed by atoms with E-state index in [9.17, 15) is 4.79 Å². The molecular weight excluding hydrogens is 332 g/mol. The number of carbonyl (C=O) groups excluding carboxylic acids is 1. The zero-order valence-electron chi connectivity index (χ0n) is 15.5. The van der Waals surface area contributed by atoms with Crippen molar-refractivity contribution in [2.45, 2.75) is 19.9 Å². The SMILES string of the molecule is COc1ccc(OC)c(/C=N/OCC(=O)N(c2ccccc2)C(C)C)c1. The van der Waals surface area contributed by atoms with Gasteiger partial charge in [-0.2, -0.15) is 0 Å². The van der Waals surface area contributed by atoms with Crippen molar-refractivity contribution in [3.8, 4) is 11.5 Å². The van der Waals surface area contributed by atoms with Gasteiger partial charge in [-0.15, -0.1) is 0 Å². The molecule has 0 fully saturated rings. The van der Waals surface area contributed by atoms with Gasteiger partial charge in [0.1, 0.15) is 11.5 Å². The molecule has 0 unspecified atom stereocenters. The fraction of sp³-hybridized carbons (Fsp3) is 0.300. The van der Waals surface area contributed by atoms with Gasteiger partial charge < -0.3 is 19.2 Å². The topological polar surface area (TPSA) is 60.4 Å². The van der Waals surface area contributed by atoms with Crippen molar-refractivity contribution in [1.29, 1.82) is 0 Å². The molecule has 1 amide bonds. The predicted molar refractivity (Wildman–Crippen MR) is 102 cm³/mol. The van der Waals surface area contributed by atoms with Gasteiger partial charge >= 0.3 is 0 Å². The van der Waals surface area contributed by atoms with Crippen LogP contribution in [0.1, 0.15) is 19.4 Å². The van der Waals surface area contributed by atoms with Gasteiger partial charge in [-0.25, -0.2) is 0 Å². The molecule has 2 aromatic rings.